The van der Waals surface area contributed by atoms with Crippen molar-refractivity contribution < 1.29 is 13.2 Å². The number of carbonyl (C=O) groups excluding carboxylic acids is 1. The van der Waals surface area contributed by atoms with E-state index in [0.717, 1.165) is 32.0 Å². The average molecular weight is 388 g/mol. The van der Waals surface area contributed by atoms with Crippen LogP contribution in [0.4, 0.5) is 17.3 Å². The Kier molecular flexibility index (Phi) is 4.44. The zero-order valence-electron chi connectivity index (χ0n) is 14.8. The van der Waals surface area contributed by atoms with Crippen molar-refractivity contribution in [1.29, 1.82) is 0 Å². The maximum atomic E-state index is 12.6. The predicted molar refractivity (Wildman–Crippen MR) is 101 cm³/mol. The van der Waals surface area contributed by atoms with Gasteiger partial charge in [-0.05, 0) is 42.9 Å². The van der Waals surface area contributed by atoms with Crippen molar-refractivity contribution in [2.24, 2.45) is 0 Å². The van der Waals surface area contributed by atoms with Gasteiger partial charge in [-0.1, -0.05) is 0 Å². The molecule has 1 fully saturated rings. The number of nitrogens with one attached hydrogen (secondary N) is 2. The van der Waals surface area contributed by atoms with Crippen LogP contribution in [-0.4, -0.2) is 62.6 Å². The van der Waals surface area contributed by atoms with Gasteiger partial charge in [0.15, 0.2) is 11.6 Å². The minimum Gasteiger partial charge on any atom is -0.353 e. The van der Waals surface area contributed by atoms with Crippen LogP contribution in [0.5, 0.6) is 0 Å². The molecule has 0 spiro atoms. The first-order valence-electron chi connectivity index (χ1n) is 8.63. The fourth-order valence-corrected chi connectivity index (χ4v) is 4.20. The number of fused-ring (bicyclic) bond motifs is 1. The Labute approximate surface area is 157 Å². The topological polar surface area (TPSA) is 108 Å². The monoisotopic (exact) mass is 388 g/mol. The van der Waals surface area contributed by atoms with Crippen molar-refractivity contribution >= 4 is 33.3 Å². The molecule has 0 bridgehead atoms. The number of anilines is 3. The lowest BCUT2D eigenvalue weighted by atomic mass is 10.2. The highest BCUT2D eigenvalue weighted by molar-refractivity contribution is 7.92. The standard InChI is InChI=1S/C17H20N6O3S/c1-22-6-8-23(9-7-22)16-5-4-15(19-20-16)21-27(25,26)13-2-3-14-12(10-13)11-17(24)18-14/h2-5,10H,6-9,11H2,1H3,(H,18,24)(H,19,21). The summed E-state index contributed by atoms with van der Waals surface area (Å²) in [6.07, 6.45) is 0.179. The lowest BCUT2D eigenvalue weighted by Crippen LogP contribution is -2.44. The highest BCUT2D eigenvalue weighted by Crippen LogP contribution is 2.26. The number of nitrogens with zero attached hydrogens (tertiary/aromatic N) is 4. The lowest BCUT2D eigenvalue weighted by Gasteiger charge is -2.32. The van der Waals surface area contributed by atoms with Crippen molar-refractivity contribution in [2.45, 2.75) is 11.3 Å². The fraction of sp³-hybridized carbons (Fsp3) is 0.353. The smallest absolute Gasteiger partial charge is 0.263 e. The van der Waals surface area contributed by atoms with Gasteiger partial charge in [-0.3, -0.25) is 9.52 Å². The molecule has 0 saturated carbocycles. The van der Waals surface area contributed by atoms with Crippen LogP contribution in [0.1, 0.15) is 5.56 Å². The van der Waals surface area contributed by atoms with Crippen LogP contribution < -0.4 is 14.9 Å². The van der Waals surface area contributed by atoms with Gasteiger partial charge in [0, 0.05) is 31.9 Å². The summed E-state index contributed by atoms with van der Waals surface area (Å²) in [4.78, 5) is 15.9. The first kappa shape index (κ1) is 17.7. The highest BCUT2D eigenvalue weighted by atomic mass is 32.2. The Morgan fingerprint density at radius 2 is 1.85 bits per heavy atom. The number of benzene rings is 1. The molecule has 2 aliphatic heterocycles. The number of hydrogen-bond acceptors (Lipinski definition) is 7. The molecule has 1 aromatic heterocycles. The van der Waals surface area contributed by atoms with Gasteiger partial charge in [-0.2, -0.15) is 0 Å². The Bertz CT molecular complexity index is 969. The molecule has 10 heteroatoms. The third-order valence-electron chi connectivity index (χ3n) is 4.73. The third-order valence-corrected chi connectivity index (χ3v) is 6.08. The minimum atomic E-state index is -3.81. The second-order valence-corrected chi connectivity index (χ2v) is 8.40. The van der Waals surface area contributed by atoms with Gasteiger partial charge in [0.2, 0.25) is 5.91 Å². The second-order valence-electron chi connectivity index (χ2n) is 6.72. The quantitative estimate of drug-likeness (QED) is 0.786. The molecule has 3 heterocycles. The van der Waals surface area contributed by atoms with Crippen LogP contribution in [0.15, 0.2) is 35.2 Å². The van der Waals surface area contributed by atoms with Crippen LogP contribution in [0.25, 0.3) is 0 Å². The number of aromatic nitrogens is 2. The number of sulfonamides is 1. The van der Waals surface area contributed by atoms with E-state index in [1.807, 2.05) is 0 Å². The fourth-order valence-electron chi connectivity index (χ4n) is 3.15. The summed E-state index contributed by atoms with van der Waals surface area (Å²) in [6.45, 7) is 3.62. The summed E-state index contributed by atoms with van der Waals surface area (Å²) in [6, 6.07) is 7.93. The number of piperazine rings is 1. The third kappa shape index (κ3) is 3.71. The normalized spacial score (nSPS) is 17.5. The van der Waals surface area contributed by atoms with Crippen molar-refractivity contribution in [1.82, 2.24) is 15.1 Å². The van der Waals surface area contributed by atoms with E-state index in [4.69, 9.17) is 0 Å². The minimum absolute atomic E-state index is 0.0858. The zero-order chi connectivity index (χ0) is 19.0. The number of likely N-dealkylation sites (N-methyl/N-ethyl adjacent to an activating group) is 1. The molecule has 27 heavy (non-hydrogen) atoms. The molecule has 2 aromatic rings. The molecule has 1 aromatic carbocycles. The van der Waals surface area contributed by atoms with Crippen molar-refractivity contribution in [3.8, 4) is 0 Å². The molecule has 1 saturated heterocycles. The lowest BCUT2D eigenvalue weighted by molar-refractivity contribution is -0.115. The zero-order valence-corrected chi connectivity index (χ0v) is 15.7. The summed E-state index contributed by atoms with van der Waals surface area (Å²) in [5.41, 5.74) is 1.31. The molecule has 142 valence electrons. The number of rotatable bonds is 4. The molecule has 0 unspecified atom stereocenters. The average Bonchev–Trinajstić information content (AvgIpc) is 3.02. The van der Waals surface area contributed by atoms with Gasteiger partial charge >= 0.3 is 0 Å². The maximum absolute atomic E-state index is 12.6. The highest BCUT2D eigenvalue weighted by Gasteiger charge is 2.22. The van der Waals surface area contributed by atoms with E-state index in [-0.39, 0.29) is 23.0 Å². The molecule has 0 atom stereocenters. The van der Waals surface area contributed by atoms with E-state index in [9.17, 15) is 13.2 Å². The molecular weight excluding hydrogens is 368 g/mol. The van der Waals surface area contributed by atoms with Gasteiger partial charge < -0.3 is 15.1 Å². The molecular formula is C17H20N6O3S. The Hall–Kier alpha value is -2.72. The van der Waals surface area contributed by atoms with Gasteiger partial charge in [0.25, 0.3) is 10.0 Å². The Morgan fingerprint density at radius 1 is 1.07 bits per heavy atom. The van der Waals surface area contributed by atoms with Gasteiger partial charge in [-0.25, -0.2) is 8.42 Å². The van der Waals surface area contributed by atoms with E-state index in [2.05, 4.69) is 37.1 Å². The Morgan fingerprint density at radius 3 is 2.56 bits per heavy atom. The van der Waals surface area contributed by atoms with Crippen LogP contribution in [-0.2, 0) is 21.2 Å². The first-order valence-corrected chi connectivity index (χ1v) is 10.1. The first-order chi connectivity index (χ1) is 12.9. The van der Waals surface area contributed by atoms with E-state index >= 15 is 0 Å². The van der Waals surface area contributed by atoms with E-state index < -0.39 is 10.0 Å². The summed E-state index contributed by atoms with van der Waals surface area (Å²) >= 11 is 0. The van der Waals surface area contributed by atoms with E-state index in [0.29, 0.717) is 11.3 Å². The predicted octanol–water partition coefficient (Wildman–Crippen LogP) is 0.524. The number of amides is 1. The van der Waals surface area contributed by atoms with Gasteiger partial charge in [0.05, 0.1) is 11.3 Å². The largest absolute Gasteiger partial charge is 0.353 e. The molecule has 0 aliphatic carbocycles. The molecule has 4 rings (SSSR count). The molecule has 2 aliphatic rings. The van der Waals surface area contributed by atoms with Crippen LogP contribution in [0.3, 0.4) is 0 Å². The Balaban J connectivity index is 1.48. The van der Waals surface area contributed by atoms with Gasteiger partial charge in [0.1, 0.15) is 0 Å². The second kappa shape index (κ2) is 6.78. The summed E-state index contributed by atoms with van der Waals surface area (Å²) in [5.74, 6) is 0.744. The molecule has 0 radical (unpaired) electrons. The van der Waals surface area contributed by atoms with Crippen molar-refractivity contribution in [3.63, 3.8) is 0 Å². The maximum Gasteiger partial charge on any atom is 0.263 e. The van der Waals surface area contributed by atoms with Crippen molar-refractivity contribution in [2.75, 3.05) is 48.2 Å². The number of hydrogen-bond donors (Lipinski definition) is 2. The van der Waals surface area contributed by atoms with E-state index in [1.54, 1.807) is 18.2 Å². The van der Waals surface area contributed by atoms with Crippen molar-refractivity contribution in [3.05, 3.63) is 35.9 Å². The van der Waals surface area contributed by atoms with Crippen LogP contribution >= 0.6 is 0 Å². The molecule has 2 N–H and O–H groups in total. The van der Waals surface area contributed by atoms with Crippen LogP contribution in [0.2, 0.25) is 0 Å². The SMILES string of the molecule is CN1CCN(c2ccc(NS(=O)(=O)c3ccc4c(c3)CC(=O)N4)nn2)CC1. The summed E-state index contributed by atoms with van der Waals surface area (Å²) in [7, 11) is -1.73. The number of carbonyl (C=O) groups is 1. The van der Waals surface area contributed by atoms with Crippen LogP contribution in [0, 0.1) is 0 Å². The molecule has 9 nitrogen and oxygen atoms in total. The summed E-state index contributed by atoms with van der Waals surface area (Å²) < 4.78 is 27.7. The molecule has 1 amide bonds. The van der Waals surface area contributed by atoms with E-state index in [1.165, 1.54) is 12.1 Å². The summed E-state index contributed by atoms with van der Waals surface area (Å²) in [5, 5.41) is 10.8. The van der Waals surface area contributed by atoms with Gasteiger partial charge in [-0.15, -0.1) is 10.2 Å².